The minimum atomic E-state index is 0.630. The van der Waals surface area contributed by atoms with Gasteiger partial charge in [0.1, 0.15) is 0 Å². The first kappa shape index (κ1) is 9.58. The number of hydrogen-bond donors (Lipinski definition) is 2. The minimum Gasteiger partial charge on any atom is -0.399 e. The number of aryl methyl sites for hydroxylation is 1. The summed E-state index contributed by atoms with van der Waals surface area (Å²) in [6.07, 6.45) is 0. The van der Waals surface area contributed by atoms with Gasteiger partial charge in [0.05, 0.1) is 12.2 Å². The highest BCUT2D eigenvalue weighted by atomic mass is 16.5. The maximum absolute atomic E-state index is 5.58. The van der Waals surface area contributed by atoms with Gasteiger partial charge in [-0.2, -0.15) is 0 Å². The lowest BCUT2D eigenvalue weighted by atomic mass is 10.3. The predicted molar refractivity (Wildman–Crippen MR) is 59.4 cm³/mol. The van der Waals surface area contributed by atoms with Crippen LogP contribution in [0.2, 0.25) is 0 Å². The zero-order valence-corrected chi connectivity index (χ0v) is 8.53. The van der Waals surface area contributed by atoms with Crippen LogP contribution in [0.1, 0.15) is 11.5 Å². The zero-order valence-electron chi connectivity index (χ0n) is 8.53. The molecular formula is C11H13N3O. The molecule has 1 aromatic heterocycles. The standard InChI is InChI=1S/C11H13N3O/c1-8-6-11(15-14-8)7-13-10-4-2-9(12)3-5-10/h2-6,13H,7,12H2,1H3. The van der Waals surface area contributed by atoms with Crippen LogP contribution in [-0.2, 0) is 6.54 Å². The van der Waals surface area contributed by atoms with Crippen molar-refractivity contribution in [3.05, 3.63) is 41.8 Å². The monoisotopic (exact) mass is 203 g/mol. The molecule has 0 amide bonds. The summed E-state index contributed by atoms with van der Waals surface area (Å²) in [5, 5.41) is 7.02. The van der Waals surface area contributed by atoms with E-state index in [1.165, 1.54) is 0 Å². The maximum Gasteiger partial charge on any atom is 0.156 e. The molecule has 78 valence electrons. The Kier molecular flexibility index (Phi) is 2.58. The lowest BCUT2D eigenvalue weighted by Gasteiger charge is -2.03. The Morgan fingerprint density at radius 2 is 2.07 bits per heavy atom. The molecule has 0 bridgehead atoms. The van der Waals surface area contributed by atoms with Crippen LogP contribution >= 0.6 is 0 Å². The van der Waals surface area contributed by atoms with Crippen molar-refractivity contribution in [2.45, 2.75) is 13.5 Å². The quantitative estimate of drug-likeness (QED) is 0.750. The summed E-state index contributed by atoms with van der Waals surface area (Å²) in [5.74, 6) is 0.823. The van der Waals surface area contributed by atoms with Crippen LogP contribution in [0.4, 0.5) is 11.4 Å². The average Bonchev–Trinajstić information content (AvgIpc) is 2.64. The molecule has 0 aliphatic rings. The van der Waals surface area contributed by atoms with Crippen molar-refractivity contribution in [2.75, 3.05) is 11.1 Å². The van der Waals surface area contributed by atoms with E-state index < -0.39 is 0 Å². The molecule has 2 rings (SSSR count). The zero-order chi connectivity index (χ0) is 10.7. The number of nitrogen functional groups attached to an aromatic ring is 1. The number of nitrogens with zero attached hydrogens (tertiary/aromatic N) is 1. The topological polar surface area (TPSA) is 64.1 Å². The normalized spacial score (nSPS) is 10.2. The van der Waals surface area contributed by atoms with Gasteiger partial charge < -0.3 is 15.6 Å². The van der Waals surface area contributed by atoms with Crippen LogP contribution in [0.15, 0.2) is 34.9 Å². The molecule has 0 saturated heterocycles. The third-order valence-electron chi connectivity index (χ3n) is 2.05. The second kappa shape index (κ2) is 4.04. The first-order valence-electron chi connectivity index (χ1n) is 4.75. The van der Waals surface area contributed by atoms with Gasteiger partial charge in [0.2, 0.25) is 0 Å². The van der Waals surface area contributed by atoms with Crippen LogP contribution in [0.25, 0.3) is 0 Å². The van der Waals surface area contributed by atoms with Crippen molar-refractivity contribution in [2.24, 2.45) is 0 Å². The van der Waals surface area contributed by atoms with Crippen molar-refractivity contribution in [1.29, 1.82) is 0 Å². The van der Waals surface area contributed by atoms with Crippen LogP contribution in [0.5, 0.6) is 0 Å². The largest absolute Gasteiger partial charge is 0.399 e. The van der Waals surface area contributed by atoms with E-state index in [0.29, 0.717) is 6.54 Å². The Balaban J connectivity index is 1.96. The number of rotatable bonds is 3. The molecule has 1 heterocycles. The molecule has 0 radical (unpaired) electrons. The molecule has 0 atom stereocenters. The highest BCUT2D eigenvalue weighted by Crippen LogP contribution is 2.12. The third kappa shape index (κ3) is 2.49. The fourth-order valence-electron chi connectivity index (χ4n) is 1.29. The number of aromatic nitrogens is 1. The summed E-state index contributed by atoms with van der Waals surface area (Å²) in [6, 6.07) is 9.48. The lowest BCUT2D eigenvalue weighted by Crippen LogP contribution is -1.98. The van der Waals surface area contributed by atoms with Crippen molar-refractivity contribution in [1.82, 2.24) is 5.16 Å². The third-order valence-corrected chi connectivity index (χ3v) is 2.05. The van der Waals surface area contributed by atoms with E-state index in [9.17, 15) is 0 Å². The Bertz CT molecular complexity index is 433. The van der Waals surface area contributed by atoms with Gasteiger partial charge in [-0.25, -0.2) is 0 Å². The summed E-state index contributed by atoms with van der Waals surface area (Å²) in [4.78, 5) is 0. The summed E-state index contributed by atoms with van der Waals surface area (Å²) in [7, 11) is 0. The van der Waals surface area contributed by atoms with E-state index in [4.69, 9.17) is 10.3 Å². The highest BCUT2D eigenvalue weighted by molar-refractivity contribution is 5.51. The van der Waals surface area contributed by atoms with Gasteiger partial charge in [-0.3, -0.25) is 0 Å². The smallest absolute Gasteiger partial charge is 0.156 e. The Labute approximate surface area is 88.1 Å². The molecule has 0 aliphatic heterocycles. The lowest BCUT2D eigenvalue weighted by molar-refractivity contribution is 0.384. The van der Waals surface area contributed by atoms with Crippen molar-refractivity contribution < 1.29 is 4.52 Å². The Morgan fingerprint density at radius 3 is 2.67 bits per heavy atom. The second-order valence-electron chi connectivity index (χ2n) is 3.41. The van der Waals surface area contributed by atoms with Crippen LogP contribution in [0.3, 0.4) is 0 Å². The molecular weight excluding hydrogens is 190 g/mol. The van der Waals surface area contributed by atoms with Crippen LogP contribution < -0.4 is 11.1 Å². The summed E-state index contributed by atoms with van der Waals surface area (Å²) < 4.78 is 5.07. The Morgan fingerprint density at radius 1 is 1.33 bits per heavy atom. The summed E-state index contributed by atoms with van der Waals surface area (Å²) in [6.45, 7) is 2.53. The molecule has 0 aliphatic carbocycles. The summed E-state index contributed by atoms with van der Waals surface area (Å²) in [5.41, 5.74) is 8.25. The fourth-order valence-corrected chi connectivity index (χ4v) is 1.29. The highest BCUT2D eigenvalue weighted by Gasteiger charge is 1.99. The maximum atomic E-state index is 5.58. The number of nitrogens with one attached hydrogen (secondary N) is 1. The average molecular weight is 203 g/mol. The molecule has 4 nitrogen and oxygen atoms in total. The van der Waals surface area contributed by atoms with E-state index in [0.717, 1.165) is 22.8 Å². The van der Waals surface area contributed by atoms with E-state index in [1.807, 2.05) is 37.3 Å². The van der Waals surface area contributed by atoms with Crippen molar-refractivity contribution in [3.63, 3.8) is 0 Å². The van der Waals surface area contributed by atoms with Crippen molar-refractivity contribution in [3.8, 4) is 0 Å². The molecule has 3 N–H and O–H groups in total. The molecule has 0 fully saturated rings. The molecule has 0 unspecified atom stereocenters. The van der Waals surface area contributed by atoms with Gasteiger partial charge in [-0.1, -0.05) is 5.16 Å². The SMILES string of the molecule is Cc1cc(CNc2ccc(N)cc2)on1. The molecule has 1 aromatic carbocycles. The molecule has 15 heavy (non-hydrogen) atoms. The number of nitrogens with two attached hydrogens (primary N) is 1. The first-order valence-corrected chi connectivity index (χ1v) is 4.75. The van der Waals surface area contributed by atoms with Crippen LogP contribution in [0, 0.1) is 6.92 Å². The van der Waals surface area contributed by atoms with E-state index in [-0.39, 0.29) is 0 Å². The van der Waals surface area contributed by atoms with E-state index in [1.54, 1.807) is 0 Å². The van der Waals surface area contributed by atoms with Gasteiger partial charge in [-0.15, -0.1) is 0 Å². The van der Waals surface area contributed by atoms with Gasteiger partial charge in [0.25, 0.3) is 0 Å². The molecule has 0 saturated carbocycles. The van der Waals surface area contributed by atoms with Gasteiger partial charge >= 0.3 is 0 Å². The van der Waals surface area contributed by atoms with Crippen LogP contribution in [-0.4, -0.2) is 5.16 Å². The Hall–Kier alpha value is -1.97. The van der Waals surface area contributed by atoms with Gasteiger partial charge in [-0.05, 0) is 31.2 Å². The van der Waals surface area contributed by atoms with E-state index >= 15 is 0 Å². The first-order chi connectivity index (χ1) is 7.24. The number of anilines is 2. The van der Waals surface area contributed by atoms with Crippen molar-refractivity contribution >= 4 is 11.4 Å². The molecule has 4 heteroatoms. The molecule has 2 aromatic rings. The number of hydrogen-bond acceptors (Lipinski definition) is 4. The van der Waals surface area contributed by atoms with Gasteiger partial charge in [0.15, 0.2) is 5.76 Å². The fraction of sp³-hybridized carbons (Fsp3) is 0.182. The molecule has 0 spiro atoms. The minimum absolute atomic E-state index is 0.630. The summed E-state index contributed by atoms with van der Waals surface area (Å²) >= 11 is 0. The number of benzene rings is 1. The predicted octanol–water partition coefficient (Wildman–Crippen LogP) is 2.18. The van der Waals surface area contributed by atoms with E-state index in [2.05, 4.69) is 10.5 Å². The van der Waals surface area contributed by atoms with Gasteiger partial charge in [0, 0.05) is 17.4 Å². The second-order valence-corrected chi connectivity index (χ2v) is 3.41.